The average Bonchev–Trinajstić information content (AvgIpc) is 3.44. The number of likely N-dealkylation sites (tertiary alicyclic amines) is 2. The van der Waals surface area contributed by atoms with Crippen LogP contribution in [0.2, 0.25) is 5.02 Å². The van der Waals surface area contributed by atoms with Crippen LogP contribution in [0.3, 0.4) is 0 Å². The minimum absolute atomic E-state index is 0.208. The highest BCUT2D eigenvalue weighted by Crippen LogP contribution is 2.36. The van der Waals surface area contributed by atoms with Crippen molar-refractivity contribution in [2.45, 2.75) is 44.2 Å². The number of aliphatic hydroxyl groups is 1. The van der Waals surface area contributed by atoms with E-state index in [1.54, 1.807) is 16.3 Å². The van der Waals surface area contributed by atoms with Crippen LogP contribution in [0.25, 0.3) is 0 Å². The van der Waals surface area contributed by atoms with Crippen LogP contribution in [0.15, 0.2) is 23.6 Å². The van der Waals surface area contributed by atoms with Crippen LogP contribution in [-0.4, -0.2) is 64.6 Å². The SMILES string of the molecule is O=C(c1csc(NCC(O)CN2CCCCC2)n1)N1CCCC1c1cc(Cl)ccc1F. The first-order valence-corrected chi connectivity index (χ1v) is 12.1. The Hall–Kier alpha value is -1.74. The van der Waals surface area contributed by atoms with Gasteiger partial charge >= 0.3 is 0 Å². The van der Waals surface area contributed by atoms with E-state index in [2.05, 4.69) is 15.2 Å². The lowest BCUT2D eigenvalue weighted by Gasteiger charge is -2.28. The maximum Gasteiger partial charge on any atom is 0.273 e. The number of thiazole rings is 1. The second kappa shape index (κ2) is 10.3. The molecule has 2 saturated heterocycles. The van der Waals surface area contributed by atoms with Crippen molar-refractivity contribution in [2.24, 2.45) is 0 Å². The molecular weight excluding hydrogens is 439 g/mol. The monoisotopic (exact) mass is 466 g/mol. The van der Waals surface area contributed by atoms with Gasteiger partial charge in [0.2, 0.25) is 0 Å². The maximum absolute atomic E-state index is 14.4. The number of nitrogens with one attached hydrogen (secondary N) is 1. The predicted molar refractivity (Wildman–Crippen MR) is 121 cm³/mol. The third-order valence-corrected chi connectivity index (χ3v) is 7.00. The number of rotatable bonds is 7. The number of hydrogen-bond donors (Lipinski definition) is 2. The summed E-state index contributed by atoms with van der Waals surface area (Å²) in [6, 6.07) is 4.12. The van der Waals surface area contributed by atoms with Crippen LogP contribution < -0.4 is 5.32 Å². The fourth-order valence-electron chi connectivity index (χ4n) is 4.41. The first-order valence-electron chi connectivity index (χ1n) is 10.9. The Balaban J connectivity index is 1.35. The zero-order chi connectivity index (χ0) is 21.8. The predicted octanol–water partition coefficient (Wildman–Crippen LogP) is 4.17. The summed E-state index contributed by atoms with van der Waals surface area (Å²) < 4.78 is 14.4. The molecule has 2 aliphatic heterocycles. The largest absolute Gasteiger partial charge is 0.390 e. The van der Waals surface area contributed by atoms with Crippen LogP contribution in [0, 0.1) is 5.82 Å². The van der Waals surface area contributed by atoms with Crippen molar-refractivity contribution < 1.29 is 14.3 Å². The Morgan fingerprint density at radius 1 is 1.29 bits per heavy atom. The molecule has 2 aromatic rings. The first-order chi connectivity index (χ1) is 15.0. The molecule has 2 aliphatic rings. The van der Waals surface area contributed by atoms with E-state index in [9.17, 15) is 14.3 Å². The van der Waals surface area contributed by atoms with Gasteiger partial charge in [0, 0.05) is 35.6 Å². The number of aliphatic hydroxyl groups excluding tert-OH is 1. The fraction of sp³-hybridized carbons (Fsp3) is 0.545. The molecule has 0 radical (unpaired) electrons. The van der Waals surface area contributed by atoms with Gasteiger partial charge in [-0.1, -0.05) is 18.0 Å². The Bertz CT molecular complexity index is 905. The lowest BCUT2D eigenvalue weighted by Crippen LogP contribution is -2.39. The number of hydrogen-bond acceptors (Lipinski definition) is 6. The molecule has 1 amide bonds. The molecule has 2 N–H and O–H groups in total. The molecule has 0 bridgehead atoms. The van der Waals surface area contributed by atoms with Crippen molar-refractivity contribution in [2.75, 3.05) is 38.0 Å². The van der Waals surface area contributed by atoms with Crippen molar-refractivity contribution >= 4 is 34.0 Å². The molecule has 3 heterocycles. The van der Waals surface area contributed by atoms with Crippen LogP contribution in [0.5, 0.6) is 0 Å². The van der Waals surface area contributed by atoms with E-state index in [-0.39, 0.29) is 17.8 Å². The van der Waals surface area contributed by atoms with Crippen molar-refractivity contribution in [3.63, 3.8) is 0 Å². The van der Waals surface area contributed by atoms with Crippen LogP contribution in [0.4, 0.5) is 9.52 Å². The number of amides is 1. The molecule has 31 heavy (non-hydrogen) atoms. The van der Waals surface area contributed by atoms with Gasteiger partial charge in [0.25, 0.3) is 5.91 Å². The van der Waals surface area contributed by atoms with E-state index < -0.39 is 6.10 Å². The number of aromatic nitrogens is 1. The summed E-state index contributed by atoms with van der Waals surface area (Å²) in [4.78, 5) is 21.5. The standard InChI is InChI=1S/C22H28ClFN4O2S/c23-15-6-7-18(24)17(11-15)20-5-4-10-28(20)21(30)19-14-31-22(26-19)25-12-16(29)13-27-8-2-1-3-9-27/h6-7,11,14,16,20,29H,1-5,8-10,12-13H2,(H,25,26). The summed E-state index contributed by atoms with van der Waals surface area (Å²) in [5.41, 5.74) is 0.792. The molecule has 2 unspecified atom stereocenters. The fourth-order valence-corrected chi connectivity index (χ4v) is 5.29. The van der Waals surface area contributed by atoms with Gasteiger partial charge in [-0.15, -0.1) is 11.3 Å². The van der Waals surface area contributed by atoms with E-state index in [0.717, 1.165) is 19.5 Å². The zero-order valence-corrected chi connectivity index (χ0v) is 19.0. The van der Waals surface area contributed by atoms with E-state index in [1.807, 2.05) is 0 Å². The number of anilines is 1. The number of β-amino-alcohol motifs (C(OH)–C–C–N with tert-alkyl or cyclic N) is 1. The number of nitrogens with zero attached hydrogens (tertiary/aromatic N) is 3. The zero-order valence-electron chi connectivity index (χ0n) is 17.4. The average molecular weight is 467 g/mol. The summed E-state index contributed by atoms with van der Waals surface area (Å²) >= 11 is 7.39. The third-order valence-electron chi connectivity index (χ3n) is 5.96. The molecule has 4 rings (SSSR count). The summed E-state index contributed by atoms with van der Waals surface area (Å²) in [6.45, 7) is 3.67. The van der Waals surface area contributed by atoms with Crippen LogP contribution in [-0.2, 0) is 0 Å². The normalized spacial score (nSPS) is 20.7. The Labute approximate surface area is 191 Å². The van der Waals surface area contributed by atoms with Crippen LogP contribution in [0.1, 0.15) is 54.2 Å². The molecule has 0 spiro atoms. The van der Waals surface area contributed by atoms with Gasteiger partial charge < -0.3 is 20.2 Å². The Morgan fingerprint density at radius 3 is 2.90 bits per heavy atom. The summed E-state index contributed by atoms with van der Waals surface area (Å²) in [6.07, 6.45) is 4.66. The van der Waals surface area contributed by atoms with E-state index >= 15 is 0 Å². The van der Waals surface area contributed by atoms with Crippen LogP contribution >= 0.6 is 22.9 Å². The van der Waals surface area contributed by atoms with E-state index in [1.165, 1.54) is 42.7 Å². The van der Waals surface area contributed by atoms with E-state index in [4.69, 9.17) is 11.6 Å². The van der Waals surface area contributed by atoms with Gasteiger partial charge in [-0.05, 0) is 57.0 Å². The minimum atomic E-state index is -0.491. The maximum atomic E-state index is 14.4. The smallest absolute Gasteiger partial charge is 0.273 e. The Kier molecular flexibility index (Phi) is 7.43. The number of carbonyl (C=O) groups is 1. The van der Waals surface area contributed by atoms with Crippen molar-refractivity contribution in [1.82, 2.24) is 14.8 Å². The molecule has 0 saturated carbocycles. The molecule has 1 aromatic heterocycles. The summed E-state index contributed by atoms with van der Waals surface area (Å²) in [7, 11) is 0. The number of carbonyl (C=O) groups excluding carboxylic acids is 1. The number of benzene rings is 1. The second-order valence-electron chi connectivity index (χ2n) is 8.26. The van der Waals surface area contributed by atoms with Gasteiger partial charge in [-0.3, -0.25) is 4.79 Å². The molecule has 0 aliphatic carbocycles. The molecule has 168 valence electrons. The van der Waals surface area contributed by atoms with Crippen molar-refractivity contribution in [1.29, 1.82) is 0 Å². The highest BCUT2D eigenvalue weighted by molar-refractivity contribution is 7.13. The molecule has 6 nitrogen and oxygen atoms in total. The van der Waals surface area contributed by atoms with Gasteiger partial charge in [-0.25, -0.2) is 9.37 Å². The molecular formula is C22H28ClFN4O2S. The topological polar surface area (TPSA) is 68.7 Å². The highest BCUT2D eigenvalue weighted by atomic mass is 35.5. The quantitative estimate of drug-likeness (QED) is 0.641. The molecule has 9 heteroatoms. The van der Waals surface area contributed by atoms with Crippen molar-refractivity contribution in [3.8, 4) is 0 Å². The van der Waals surface area contributed by atoms with Gasteiger partial charge in [0.05, 0.1) is 12.1 Å². The molecule has 1 aromatic carbocycles. The summed E-state index contributed by atoms with van der Waals surface area (Å²) in [5, 5.41) is 16.2. The van der Waals surface area contributed by atoms with Gasteiger partial charge in [-0.2, -0.15) is 0 Å². The lowest BCUT2D eigenvalue weighted by molar-refractivity contribution is 0.0728. The van der Waals surface area contributed by atoms with Crippen molar-refractivity contribution in [3.05, 3.63) is 45.7 Å². The molecule has 2 fully saturated rings. The lowest BCUT2D eigenvalue weighted by atomic mass is 10.0. The van der Waals surface area contributed by atoms with Gasteiger partial charge in [0.1, 0.15) is 11.5 Å². The highest BCUT2D eigenvalue weighted by Gasteiger charge is 2.33. The number of piperidine rings is 1. The third kappa shape index (κ3) is 5.55. The second-order valence-corrected chi connectivity index (χ2v) is 9.55. The molecule has 2 atom stereocenters. The summed E-state index contributed by atoms with van der Waals surface area (Å²) in [5.74, 6) is -0.558. The van der Waals surface area contributed by atoms with E-state index in [0.29, 0.717) is 47.5 Å². The minimum Gasteiger partial charge on any atom is -0.390 e. The Morgan fingerprint density at radius 2 is 2.10 bits per heavy atom. The van der Waals surface area contributed by atoms with Gasteiger partial charge in [0.15, 0.2) is 5.13 Å². The first kappa shape index (κ1) is 22.5. The number of halogens is 2.